The molecule has 1 aromatic heterocycles. The molecule has 2 aliphatic heterocycles. The summed E-state index contributed by atoms with van der Waals surface area (Å²) in [5.41, 5.74) is 1.55. The van der Waals surface area contributed by atoms with Crippen LogP contribution in [0.3, 0.4) is 0 Å². The number of amides is 1. The van der Waals surface area contributed by atoms with Crippen molar-refractivity contribution in [3.05, 3.63) is 17.5 Å². The lowest BCUT2D eigenvalue weighted by Gasteiger charge is -2.43. The number of piperazine rings is 1. The van der Waals surface area contributed by atoms with E-state index < -0.39 is 0 Å². The summed E-state index contributed by atoms with van der Waals surface area (Å²) < 4.78 is 1.96. The fourth-order valence-electron chi connectivity index (χ4n) is 3.76. The Balaban J connectivity index is 1.74. The highest BCUT2D eigenvalue weighted by Gasteiger charge is 2.32. The number of hydrogen-bond donors (Lipinski definition) is 0. The van der Waals surface area contributed by atoms with Crippen molar-refractivity contribution in [2.75, 3.05) is 26.2 Å². The van der Waals surface area contributed by atoms with Crippen molar-refractivity contribution in [1.82, 2.24) is 19.6 Å². The van der Waals surface area contributed by atoms with Crippen molar-refractivity contribution in [3.8, 4) is 0 Å². The predicted molar refractivity (Wildman–Crippen MR) is 87.1 cm³/mol. The van der Waals surface area contributed by atoms with Gasteiger partial charge in [0, 0.05) is 31.4 Å². The highest BCUT2D eigenvalue weighted by atomic mass is 16.2. The average molecular weight is 304 g/mol. The van der Waals surface area contributed by atoms with Gasteiger partial charge in [-0.1, -0.05) is 6.42 Å². The molecule has 5 heteroatoms. The zero-order valence-corrected chi connectivity index (χ0v) is 14.3. The summed E-state index contributed by atoms with van der Waals surface area (Å²) >= 11 is 0. The second kappa shape index (κ2) is 5.69. The van der Waals surface area contributed by atoms with E-state index in [9.17, 15) is 4.79 Å². The summed E-state index contributed by atoms with van der Waals surface area (Å²) in [7, 11) is 0. The van der Waals surface area contributed by atoms with Gasteiger partial charge >= 0.3 is 0 Å². The molecule has 2 aliphatic rings. The van der Waals surface area contributed by atoms with Crippen molar-refractivity contribution in [1.29, 1.82) is 0 Å². The molecule has 2 saturated heterocycles. The summed E-state index contributed by atoms with van der Waals surface area (Å²) in [6, 6.07) is 2.48. The molecule has 3 rings (SSSR count). The number of carbonyl (C=O) groups is 1. The van der Waals surface area contributed by atoms with Gasteiger partial charge in [-0.2, -0.15) is 5.10 Å². The Hall–Kier alpha value is -1.36. The molecule has 22 heavy (non-hydrogen) atoms. The Kier molecular flexibility index (Phi) is 4.02. The third-order valence-electron chi connectivity index (χ3n) is 4.87. The van der Waals surface area contributed by atoms with Crippen LogP contribution < -0.4 is 0 Å². The zero-order chi connectivity index (χ0) is 15.9. The van der Waals surface area contributed by atoms with E-state index in [0.717, 1.165) is 25.3 Å². The van der Waals surface area contributed by atoms with Crippen LogP contribution in [0.25, 0.3) is 0 Å². The second-order valence-corrected chi connectivity index (χ2v) is 7.69. The number of carbonyl (C=O) groups excluding carboxylic acids is 1. The molecule has 5 nitrogen and oxygen atoms in total. The summed E-state index contributed by atoms with van der Waals surface area (Å²) in [6.07, 6.45) is 3.82. The van der Waals surface area contributed by atoms with E-state index in [1.165, 1.54) is 25.8 Å². The number of rotatable bonds is 1. The van der Waals surface area contributed by atoms with Crippen LogP contribution in [0, 0.1) is 6.92 Å². The van der Waals surface area contributed by atoms with E-state index >= 15 is 0 Å². The molecule has 1 aromatic rings. The van der Waals surface area contributed by atoms with E-state index in [0.29, 0.717) is 11.7 Å². The van der Waals surface area contributed by atoms with Crippen LogP contribution in [0.4, 0.5) is 0 Å². The van der Waals surface area contributed by atoms with Crippen LogP contribution in [0.2, 0.25) is 0 Å². The first-order valence-electron chi connectivity index (χ1n) is 8.47. The first-order valence-corrected chi connectivity index (χ1v) is 8.47. The Morgan fingerprint density at radius 3 is 2.68 bits per heavy atom. The lowest BCUT2D eigenvalue weighted by molar-refractivity contribution is 0.0367. The highest BCUT2D eigenvalue weighted by Crippen LogP contribution is 2.23. The molecule has 0 aliphatic carbocycles. The summed E-state index contributed by atoms with van der Waals surface area (Å²) in [4.78, 5) is 17.3. The fraction of sp³-hybridized carbons (Fsp3) is 0.765. The lowest BCUT2D eigenvalue weighted by atomic mass is 9.99. The quantitative estimate of drug-likeness (QED) is 0.799. The van der Waals surface area contributed by atoms with E-state index in [4.69, 9.17) is 0 Å². The summed E-state index contributed by atoms with van der Waals surface area (Å²) in [5.74, 6) is 0.0938. The fourth-order valence-corrected chi connectivity index (χ4v) is 3.76. The number of aromatic nitrogens is 2. The third-order valence-corrected chi connectivity index (χ3v) is 4.87. The van der Waals surface area contributed by atoms with Crippen molar-refractivity contribution in [3.63, 3.8) is 0 Å². The molecule has 0 saturated carbocycles. The minimum Gasteiger partial charge on any atom is -0.334 e. The molecule has 0 N–H and O–H groups in total. The smallest absolute Gasteiger partial charge is 0.274 e. The molecule has 122 valence electrons. The normalized spacial score (nSPS) is 23.5. The Labute approximate surface area is 133 Å². The van der Waals surface area contributed by atoms with Crippen LogP contribution >= 0.6 is 0 Å². The minimum absolute atomic E-state index is 0.0926. The van der Waals surface area contributed by atoms with Gasteiger partial charge in [0.15, 0.2) is 5.69 Å². The van der Waals surface area contributed by atoms with Gasteiger partial charge in [-0.15, -0.1) is 0 Å². The van der Waals surface area contributed by atoms with Gasteiger partial charge in [-0.3, -0.25) is 14.4 Å². The molecule has 1 amide bonds. The van der Waals surface area contributed by atoms with Crippen LogP contribution in [0.5, 0.6) is 0 Å². The number of piperidine rings is 1. The summed E-state index contributed by atoms with van der Waals surface area (Å²) in [6.45, 7) is 12.3. The maximum atomic E-state index is 12.8. The Morgan fingerprint density at radius 2 is 2.00 bits per heavy atom. The van der Waals surface area contributed by atoms with Crippen LogP contribution in [-0.2, 0) is 5.54 Å². The van der Waals surface area contributed by atoms with Gasteiger partial charge in [-0.05, 0) is 53.1 Å². The van der Waals surface area contributed by atoms with Crippen molar-refractivity contribution in [2.24, 2.45) is 0 Å². The monoisotopic (exact) mass is 304 g/mol. The van der Waals surface area contributed by atoms with E-state index in [1.54, 1.807) is 0 Å². The van der Waals surface area contributed by atoms with Gasteiger partial charge in [0.2, 0.25) is 0 Å². The van der Waals surface area contributed by atoms with Crippen LogP contribution in [0.1, 0.15) is 56.2 Å². The molecular formula is C17H28N4O. The number of hydrogen-bond acceptors (Lipinski definition) is 3. The van der Waals surface area contributed by atoms with Crippen LogP contribution in [-0.4, -0.2) is 57.7 Å². The van der Waals surface area contributed by atoms with E-state index in [2.05, 4.69) is 30.8 Å². The minimum atomic E-state index is -0.0926. The topological polar surface area (TPSA) is 41.4 Å². The van der Waals surface area contributed by atoms with Gasteiger partial charge in [0.05, 0.1) is 5.54 Å². The number of aryl methyl sites for hydroxylation is 1. The Morgan fingerprint density at radius 1 is 1.23 bits per heavy atom. The molecule has 3 heterocycles. The average Bonchev–Trinajstić information content (AvgIpc) is 2.88. The molecule has 1 unspecified atom stereocenters. The molecule has 2 fully saturated rings. The van der Waals surface area contributed by atoms with Crippen molar-refractivity contribution in [2.45, 2.75) is 58.5 Å². The van der Waals surface area contributed by atoms with Gasteiger partial charge < -0.3 is 4.90 Å². The second-order valence-electron chi connectivity index (χ2n) is 7.69. The molecule has 0 bridgehead atoms. The largest absolute Gasteiger partial charge is 0.334 e. The zero-order valence-electron chi connectivity index (χ0n) is 14.3. The number of fused-ring (bicyclic) bond motifs is 1. The molecule has 1 atom stereocenters. The predicted octanol–water partition coefficient (Wildman–Crippen LogP) is 2.26. The van der Waals surface area contributed by atoms with Crippen molar-refractivity contribution < 1.29 is 4.79 Å². The SMILES string of the molecule is Cc1cc(C(=O)N2CCN3CCCCC3C2)nn1C(C)(C)C. The first-order chi connectivity index (χ1) is 10.4. The molecule has 0 aromatic carbocycles. The van der Waals surface area contributed by atoms with Gasteiger partial charge in [-0.25, -0.2) is 0 Å². The highest BCUT2D eigenvalue weighted by molar-refractivity contribution is 5.92. The summed E-state index contributed by atoms with van der Waals surface area (Å²) in [5, 5.41) is 4.57. The Bertz CT molecular complexity index is 557. The van der Waals surface area contributed by atoms with Gasteiger partial charge in [0.1, 0.15) is 0 Å². The van der Waals surface area contributed by atoms with E-state index in [-0.39, 0.29) is 11.4 Å². The lowest BCUT2D eigenvalue weighted by Crippen LogP contribution is -2.56. The van der Waals surface area contributed by atoms with Gasteiger partial charge in [0.25, 0.3) is 5.91 Å². The van der Waals surface area contributed by atoms with Crippen LogP contribution in [0.15, 0.2) is 6.07 Å². The maximum Gasteiger partial charge on any atom is 0.274 e. The van der Waals surface area contributed by atoms with Crippen molar-refractivity contribution >= 4 is 5.91 Å². The standard InChI is InChI=1S/C17H28N4O/c1-13-11-15(18-21(13)17(2,3)4)16(22)20-10-9-19-8-6-5-7-14(19)12-20/h11,14H,5-10,12H2,1-4H3. The molecule has 0 radical (unpaired) electrons. The molecular weight excluding hydrogens is 276 g/mol. The first kappa shape index (κ1) is 15.5. The third kappa shape index (κ3) is 2.91. The number of nitrogens with zero attached hydrogens (tertiary/aromatic N) is 4. The molecule has 0 spiro atoms. The van der Waals surface area contributed by atoms with E-state index in [1.807, 2.05) is 22.6 Å². The maximum absolute atomic E-state index is 12.8.